The first-order chi connectivity index (χ1) is 14.6. The number of ketones is 1. The molecule has 2 aromatic carbocycles. The molecule has 1 unspecified atom stereocenters. The maximum Gasteiger partial charge on any atom is 0.305 e. The van der Waals surface area contributed by atoms with Crippen molar-refractivity contribution in [2.45, 2.75) is 51.0 Å². The summed E-state index contributed by atoms with van der Waals surface area (Å²) in [6, 6.07) is 17.3. The van der Waals surface area contributed by atoms with E-state index in [0.717, 1.165) is 36.8 Å². The van der Waals surface area contributed by atoms with E-state index >= 15 is 0 Å². The van der Waals surface area contributed by atoms with Gasteiger partial charge in [0.1, 0.15) is 0 Å². The molecule has 5 nitrogen and oxygen atoms in total. The largest absolute Gasteiger partial charge is 0.469 e. The van der Waals surface area contributed by atoms with Crippen LogP contribution in [0.15, 0.2) is 54.6 Å². The van der Waals surface area contributed by atoms with Crippen LogP contribution in [-0.4, -0.2) is 42.3 Å². The van der Waals surface area contributed by atoms with Crippen LogP contribution in [0, 0.1) is 0 Å². The number of amides is 1. The average molecular weight is 408 g/mol. The van der Waals surface area contributed by atoms with Crippen LogP contribution < -0.4 is 0 Å². The van der Waals surface area contributed by atoms with E-state index in [-0.39, 0.29) is 23.7 Å². The quantitative estimate of drug-likeness (QED) is 0.448. The van der Waals surface area contributed by atoms with Gasteiger partial charge in [-0.1, -0.05) is 61.7 Å². The first kappa shape index (κ1) is 21.8. The van der Waals surface area contributed by atoms with E-state index in [1.54, 1.807) is 4.90 Å². The molecule has 1 amide bonds. The van der Waals surface area contributed by atoms with E-state index in [9.17, 15) is 14.4 Å². The summed E-state index contributed by atoms with van der Waals surface area (Å²) in [5.74, 6) is -0.106. The molecule has 30 heavy (non-hydrogen) atoms. The molecule has 1 saturated heterocycles. The number of ether oxygens (including phenoxy) is 1. The number of nitrogens with zero attached hydrogens (tertiary/aromatic N) is 1. The van der Waals surface area contributed by atoms with Gasteiger partial charge in [0.25, 0.3) is 5.91 Å². The van der Waals surface area contributed by atoms with Gasteiger partial charge in [-0.25, -0.2) is 0 Å². The fourth-order valence-electron chi connectivity index (χ4n) is 3.95. The maximum atomic E-state index is 13.0. The number of hydrogen-bond donors (Lipinski definition) is 0. The maximum absolute atomic E-state index is 13.0. The summed E-state index contributed by atoms with van der Waals surface area (Å²) in [7, 11) is 1.40. The number of benzene rings is 2. The van der Waals surface area contributed by atoms with Crippen LogP contribution in [-0.2, 0) is 14.3 Å². The van der Waals surface area contributed by atoms with Gasteiger partial charge in [0.15, 0.2) is 5.78 Å². The Labute approximate surface area is 178 Å². The molecule has 0 radical (unpaired) electrons. The van der Waals surface area contributed by atoms with Crippen LogP contribution >= 0.6 is 0 Å². The Balaban J connectivity index is 1.54. The SMILES string of the molecule is COC(=O)CCCCCCC1C(=O)CCN1C(=O)c1ccc(-c2ccccc2)cc1. The van der Waals surface area contributed by atoms with Gasteiger partial charge in [-0.05, 0) is 36.1 Å². The van der Waals surface area contributed by atoms with Crippen molar-refractivity contribution in [2.24, 2.45) is 0 Å². The lowest BCUT2D eigenvalue weighted by molar-refractivity contribution is -0.140. The minimum atomic E-state index is -0.327. The van der Waals surface area contributed by atoms with E-state index in [2.05, 4.69) is 4.74 Å². The van der Waals surface area contributed by atoms with E-state index in [0.29, 0.717) is 31.4 Å². The number of esters is 1. The minimum absolute atomic E-state index is 0.0730. The van der Waals surface area contributed by atoms with Gasteiger partial charge < -0.3 is 9.64 Å². The van der Waals surface area contributed by atoms with Crippen LogP contribution in [0.4, 0.5) is 0 Å². The van der Waals surface area contributed by atoms with Gasteiger partial charge in [0.05, 0.1) is 13.2 Å². The van der Waals surface area contributed by atoms with Gasteiger partial charge in [-0.3, -0.25) is 14.4 Å². The molecule has 1 aliphatic rings. The van der Waals surface area contributed by atoms with Crippen molar-refractivity contribution in [3.63, 3.8) is 0 Å². The van der Waals surface area contributed by atoms with Crippen molar-refractivity contribution in [1.29, 1.82) is 0 Å². The number of hydrogen-bond acceptors (Lipinski definition) is 4. The molecule has 1 fully saturated rings. The van der Waals surface area contributed by atoms with E-state index in [4.69, 9.17) is 0 Å². The number of carbonyl (C=O) groups excluding carboxylic acids is 3. The Hall–Kier alpha value is -2.95. The zero-order chi connectivity index (χ0) is 21.3. The molecule has 1 heterocycles. The highest BCUT2D eigenvalue weighted by Crippen LogP contribution is 2.24. The van der Waals surface area contributed by atoms with Gasteiger partial charge in [-0.2, -0.15) is 0 Å². The lowest BCUT2D eigenvalue weighted by atomic mass is 10.0. The fourth-order valence-corrected chi connectivity index (χ4v) is 3.95. The Morgan fingerprint density at radius 1 is 0.933 bits per heavy atom. The first-order valence-electron chi connectivity index (χ1n) is 10.7. The van der Waals surface area contributed by atoms with Crippen molar-refractivity contribution in [1.82, 2.24) is 4.90 Å². The summed E-state index contributed by atoms with van der Waals surface area (Å²) in [4.78, 5) is 38.2. The molecule has 0 saturated carbocycles. The highest BCUT2D eigenvalue weighted by Gasteiger charge is 2.35. The third-order valence-electron chi connectivity index (χ3n) is 5.68. The average Bonchev–Trinajstić information content (AvgIpc) is 3.16. The molecule has 1 aliphatic heterocycles. The molecule has 0 bridgehead atoms. The predicted octanol–water partition coefficient (Wildman–Crippen LogP) is 4.65. The topological polar surface area (TPSA) is 63.7 Å². The molecular formula is C25H29NO4. The Morgan fingerprint density at radius 3 is 2.30 bits per heavy atom. The summed E-state index contributed by atoms with van der Waals surface area (Å²) in [6.07, 6.45) is 5.07. The second-order valence-electron chi connectivity index (χ2n) is 7.70. The Bertz CT molecular complexity index is 860. The zero-order valence-corrected chi connectivity index (χ0v) is 17.5. The second kappa shape index (κ2) is 10.7. The van der Waals surface area contributed by atoms with Crippen LogP contribution in [0.2, 0.25) is 0 Å². The zero-order valence-electron chi connectivity index (χ0n) is 17.5. The summed E-state index contributed by atoms with van der Waals surface area (Å²) in [5.41, 5.74) is 2.79. The smallest absolute Gasteiger partial charge is 0.305 e. The van der Waals surface area contributed by atoms with Crippen molar-refractivity contribution < 1.29 is 19.1 Å². The molecule has 0 spiro atoms. The van der Waals surface area contributed by atoms with Gasteiger partial charge in [0, 0.05) is 24.9 Å². The van der Waals surface area contributed by atoms with Crippen molar-refractivity contribution in [2.75, 3.05) is 13.7 Å². The van der Waals surface area contributed by atoms with Crippen LogP contribution in [0.3, 0.4) is 0 Å². The van der Waals surface area contributed by atoms with Gasteiger partial charge in [0.2, 0.25) is 0 Å². The second-order valence-corrected chi connectivity index (χ2v) is 7.70. The van der Waals surface area contributed by atoms with Gasteiger partial charge in [-0.15, -0.1) is 0 Å². The summed E-state index contributed by atoms with van der Waals surface area (Å²) in [6.45, 7) is 0.491. The summed E-state index contributed by atoms with van der Waals surface area (Å²) >= 11 is 0. The molecule has 1 atom stereocenters. The summed E-state index contributed by atoms with van der Waals surface area (Å²) < 4.78 is 4.64. The fraction of sp³-hybridized carbons (Fsp3) is 0.400. The molecule has 158 valence electrons. The Morgan fingerprint density at radius 2 is 1.60 bits per heavy atom. The van der Waals surface area contributed by atoms with E-state index in [1.807, 2.05) is 54.6 Å². The third kappa shape index (κ3) is 5.56. The highest BCUT2D eigenvalue weighted by atomic mass is 16.5. The Kier molecular flexibility index (Phi) is 7.77. The molecule has 2 aromatic rings. The highest BCUT2D eigenvalue weighted by molar-refractivity contribution is 6.00. The minimum Gasteiger partial charge on any atom is -0.469 e. The van der Waals surface area contributed by atoms with Gasteiger partial charge >= 0.3 is 5.97 Å². The van der Waals surface area contributed by atoms with E-state index in [1.165, 1.54) is 7.11 Å². The van der Waals surface area contributed by atoms with Crippen molar-refractivity contribution in [3.8, 4) is 11.1 Å². The number of unbranched alkanes of at least 4 members (excludes halogenated alkanes) is 3. The van der Waals surface area contributed by atoms with Crippen molar-refractivity contribution >= 4 is 17.7 Å². The molecule has 0 aromatic heterocycles. The number of methoxy groups -OCH3 is 1. The molecule has 0 N–H and O–H groups in total. The standard InChI is InChI=1S/C25H29NO4/c1-30-24(28)12-8-3-2-7-11-22-23(27)17-18-26(22)25(29)21-15-13-20(14-16-21)19-9-5-4-6-10-19/h4-6,9-10,13-16,22H,2-3,7-8,11-12,17-18H2,1H3. The van der Waals surface area contributed by atoms with Crippen molar-refractivity contribution in [3.05, 3.63) is 60.2 Å². The number of Topliss-reactive ketones (excluding diaryl/α,β-unsaturated/α-hetero) is 1. The molecular weight excluding hydrogens is 378 g/mol. The monoisotopic (exact) mass is 407 g/mol. The number of likely N-dealkylation sites (tertiary alicyclic amines) is 1. The van der Waals surface area contributed by atoms with E-state index < -0.39 is 0 Å². The van der Waals surface area contributed by atoms with Crippen LogP contribution in [0.5, 0.6) is 0 Å². The normalized spacial score (nSPS) is 16.0. The number of carbonyl (C=O) groups is 3. The number of rotatable bonds is 9. The molecule has 0 aliphatic carbocycles. The lowest BCUT2D eigenvalue weighted by Gasteiger charge is -2.23. The van der Waals surface area contributed by atoms with Crippen LogP contribution in [0.25, 0.3) is 11.1 Å². The van der Waals surface area contributed by atoms with Crippen LogP contribution in [0.1, 0.15) is 55.3 Å². The predicted molar refractivity (Wildman–Crippen MR) is 116 cm³/mol. The molecule has 3 rings (SSSR count). The summed E-state index contributed by atoms with van der Waals surface area (Å²) in [5, 5.41) is 0. The first-order valence-corrected chi connectivity index (χ1v) is 10.7. The molecule has 5 heteroatoms. The lowest BCUT2D eigenvalue weighted by Crippen LogP contribution is -2.38. The third-order valence-corrected chi connectivity index (χ3v) is 5.68.